The molecule has 0 saturated carbocycles. The topological polar surface area (TPSA) is 67.1 Å². The molecule has 0 aliphatic carbocycles. The summed E-state index contributed by atoms with van der Waals surface area (Å²) >= 11 is 0. The second-order valence-electron chi connectivity index (χ2n) is 7.65. The number of anilines is 3. The molecule has 1 atom stereocenters. The Labute approximate surface area is 169 Å². The fourth-order valence-corrected chi connectivity index (χ4v) is 3.54. The Kier molecular flexibility index (Phi) is 6.62. The lowest BCUT2D eigenvalue weighted by atomic mass is 10.1. The number of hydrogen-bond donors (Lipinski definition) is 2. The van der Waals surface area contributed by atoms with Crippen LogP contribution in [0.5, 0.6) is 0 Å². The molecule has 0 radical (unpaired) electrons. The van der Waals surface area contributed by atoms with Crippen molar-refractivity contribution in [2.45, 2.75) is 58.2 Å². The summed E-state index contributed by atoms with van der Waals surface area (Å²) in [7, 11) is 0. The summed E-state index contributed by atoms with van der Waals surface area (Å²) in [6, 6.07) is 6.24. The highest BCUT2D eigenvalue weighted by molar-refractivity contribution is 5.58. The van der Waals surface area contributed by atoms with Gasteiger partial charge in [-0.3, -0.25) is 0 Å². The van der Waals surface area contributed by atoms with Gasteiger partial charge in [0, 0.05) is 36.6 Å². The van der Waals surface area contributed by atoms with Crippen LogP contribution in [0.15, 0.2) is 24.3 Å². The van der Waals surface area contributed by atoms with E-state index in [4.69, 9.17) is 5.73 Å². The number of halogens is 3. The minimum absolute atomic E-state index is 0.0978. The van der Waals surface area contributed by atoms with Gasteiger partial charge >= 0.3 is 6.18 Å². The van der Waals surface area contributed by atoms with Gasteiger partial charge in [-0.15, -0.1) is 0 Å². The minimum Gasteiger partial charge on any atom is -0.355 e. The highest BCUT2D eigenvalue weighted by atomic mass is 19.4. The Balaban J connectivity index is 1.90. The smallest absolute Gasteiger partial charge is 0.355 e. The van der Waals surface area contributed by atoms with Crippen molar-refractivity contribution in [1.29, 1.82) is 0 Å². The minimum atomic E-state index is -4.40. The van der Waals surface area contributed by atoms with Gasteiger partial charge in [-0.2, -0.15) is 18.2 Å². The fraction of sp³-hybridized carbons (Fsp3) is 0.524. The molecule has 0 spiro atoms. The zero-order chi connectivity index (χ0) is 21.0. The largest absolute Gasteiger partial charge is 0.416 e. The Morgan fingerprint density at radius 1 is 1.24 bits per heavy atom. The van der Waals surface area contributed by atoms with Gasteiger partial charge in [0.25, 0.3) is 0 Å². The van der Waals surface area contributed by atoms with Gasteiger partial charge in [0.05, 0.1) is 5.56 Å². The summed E-state index contributed by atoms with van der Waals surface area (Å²) in [5.41, 5.74) is 6.82. The highest BCUT2D eigenvalue weighted by Gasteiger charge is 2.32. The number of nitrogens with two attached hydrogens (primary N) is 1. The highest BCUT2D eigenvalue weighted by Crippen LogP contribution is 2.34. The van der Waals surface area contributed by atoms with Crippen molar-refractivity contribution in [3.63, 3.8) is 0 Å². The summed E-state index contributed by atoms with van der Waals surface area (Å²) < 4.78 is 39.7. The standard InChI is InChI=1S/C21H28F3N5/c1-3-4-7-16-12-19(29-10-5-6-15(25)13-29)28-20(26-16)27-17-9-8-14(2)18(11-17)21(22,23)24/h8-9,11-12,15H,3-7,10,13,25H2,1-2H3,(H,26,27,28). The van der Waals surface area contributed by atoms with Crippen LogP contribution in [0.3, 0.4) is 0 Å². The third kappa shape index (κ3) is 5.59. The van der Waals surface area contributed by atoms with Crippen LogP contribution in [0.4, 0.5) is 30.6 Å². The molecule has 3 rings (SSSR count). The fourth-order valence-electron chi connectivity index (χ4n) is 3.54. The van der Waals surface area contributed by atoms with Crippen LogP contribution in [-0.2, 0) is 12.6 Å². The average Bonchev–Trinajstić information content (AvgIpc) is 2.67. The molecule has 1 unspecified atom stereocenters. The molecule has 1 aromatic carbocycles. The molecular formula is C21H28F3N5. The molecule has 1 fully saturated rings. The van der Waals surface area contributed by atoms with Gasteiger partial charge in [-0.1, -0.05) is 19.4 Å². The molecule has 1 aromatic heterocycles. The lowest BCUT2D eigenvalue weighted by Crippen LogP contribution is -2.43. The number of nitrogens with zero attached hydrogens (tertiary/aromatic N) is 3. The maximum absolute atomic E-state index is 13.2. The predicted octanol–water partition coefficient (Wildman–Crippen LogP) is 4.82. The number of piperidine rings is 1. The molecule has 0 bridgehead atoms. The molecule has 0 amide bonds. The molecule has 3 N–H and O–H groups in total. The van der Waals surface area contributed by atoms with Crippen LogP contribution < -0.4 is 16.0 Å². The third-order valence-electron chi connectivity index (χ3n) is 5.13. The predicted molar refractivity (Wildman–Crippen MR) is 110 cm³/mol. The maximum Gasteiger partial charge on any atom is 0.416 e. The normalized spacial score (nSPS) is 17.4. The molecule has 5 nitrogen and oxygen atoms in total. The molecule has 29 heavy (non-hydrogen) atoms. The molecule has 1 aliphatic rings. The van der Waals surface area contributed by atoms with Gasteiger partial charge in [0.2, 0.25) is 5.95 Å². The summed E-state index contributed by atoms with van der Waals surface area (Å²) in [5, 5.41) is 2.97. The monoisotopic (exact) mass is 407 g/mol. The number of aryl methyl sites for hydroxylation is 2. The van der Waals surface area contributed by atoms with Gasteiger partial charge in [0.1, 0.15) is 5.82 Å². The lowest BCUT2D eigenvalue weighted by Gasteiger charge is -2.32. The van der Waals surface area contributed by atoms with E-state index in [0.29, 0.717) is 18.2 Å². The number of hydrogen-bond acceptors (Lipinski definition) is 5. The van der Waals surface area contributed by atoms with E-state index < -0.39 is 11.7 Å². The van der Waals surface area contributed by atoms with Crippen molar-refractivity contribution in [3.05, 3.63) is 41.1 Å². The van der Waals surface area contributed by atoms with Gasteiger partial charge in [-0.25, -0.2) is 4.98 Å². The Hall–Kier alpha value is -2.35. The quantitative estimate of drug-likeness (QED) is 0.719. The van der Waals surface area contributed by atoms with Gasteiger partial charge < -0.3 is 16.0 Å². The van der Waals surface area contributed by atoms with Crippen molar-refractivity contribution in [2.75, 3.05) is 23.3 Å². The SMILES string of the molecule is CCCCc1cc(N2CCCC(N)C2)nc(Nc2ccc(C)c(C(F)(F)F)c2)n1. The maximum atomic E-state index is 13.2. The van der Waals surface area contributed by atoms with Crippen LogP contribution >= 0.6 is 0 Å². The van der Waals surface area contributed by atoms with E-state index in [-0.39, 0.29) is 11.6 Å². The van der Waals surface area contributed by atoms with Crippen LogP contribution in [0.2, 0.25) is 0 Å². The van der Waals surface area contributed by atoms with E-state index in [9.17, 15) is 13.2 Å². The van der Waals surface area contributed by atoms with Crippen LogP contribution in [0.25, 0.3) is 0 Å². The van der Waals surface area contributed by atoms with Crippen LogP contribution in [0, 0.1) is 6.92 Å². The number of benzene rings is 1. The van der Waals surface area contributed by atoms with E-state index in [2.05, 4.69) is 27.1 Å². The van der Waals surface area contributed by atoms with Crippen molar-refractivity contribution in [1.82, 2.24) is 9.97 Å². The van der Waals surface area contributed by atoms with Crippen LogP contribution in [0.1, 0.15) is 49.4 Å². The molecule has 2 aromatic rings. The van der Waals surface area contributed by atoms with E-state index in [1.165, 1.54) is 13.0 Å². The first kappa shape index (κ1) is 21.4. The summed E-state index contributed by atoms with van der Waals surface area (Å²) in [6.07, 6.45) is 0.384. The molecular weight excluding hydrogens is 379 g/mol. The summed E-state index contributed by atoms with van der Waals surface area (Å²) in [6.45, 7) is 5.13. The lowest BCUT2D eigenvalue weighted by molar-refractivity contribution is -0.138. The zero-order valence-corrected chi connectivity index (χ0v) is 16.9. The van der Waals surface area contributed by atoms with E-state index in [1.54, 1.807) is 6.07 Å². The second-order valence-corrected chi connectivity index (χ2v) is 7.65. The average molecular weight is 407 g/mol. The molecule has 8 heteroatoms. The third-order valence-corrected chi connectivity index (χ3v) is 5.13. The Morgan fingerprint density at radius 3 is 2.72 bits per heavy atom. The summed E-state index contributed by atoms with van der Waals surface area (Å²) in [4.78, 5) is 11.2. The first-order valence-electron chi connectivity index (χ1n) is 10.1. The first-order chi connectivity index (χ1) is 13.8. The van der Waals surface area contributed by atoms with E-state index in [0.717, 1.165) is 56.2 Å². The molecule has 1 aliphatic heterocycles. The summed E-state index contributed by atoms with van der Waals surface area (Å²) in [5.74, 6) is 1.08. The number of unbranched alkanes of at least 4 members (excludes halogenated alkanes) is 1. The first-order valence-corrected chi connectivity index (χ1v) is 10.1. The molecule has 1 saturated heterocycles. The zero-order valence-electron chi connectivity index (χ0n) is 16.9. The van der Waals surface area contributed by atoms with Crippen molar-refractivity contribution < 1.29 is 13.2 Å². The molecule has 158 valence electrons. The van der Waals surface area contributed by atoms with E-state index >= 15 is 0 Å². The Morgan fingerprint density at radius 2 is 2.03 bits per heavy atom. The van der Waals surface area contributed by atoms with E-state index in [1.807, 2.05) is 6.07 Å². The number of alkyl halides is 3. The molecule has 2 heterocycles. The van der Waals surface area contributed by atoms with Crippen molar-refractivity contribution in [3.8, 4) is 0 Å². The Bertz CT molecular complexity index is 838. The van der Waals surface area contributed by atoms with Crippen molar-refractivity contribution in [2.24, 2.45) is 5.73 Å². The number of aromatic nitrogens is 2. The van der Waals surface area contributed by atoms with Crippen LogP contribution in [-0.4, -0.2) is 29.1 Å². The van der Waals surface area contributed by atoms with Gasteiger partial charge in [0.15, 0.2) is 0 Å². The van der Waals surface area contributed by atoms with Crippen molar-refractivity contribution >= 4 is 17.5 Å². The second kappa shape index (κ2) is 8.98. The number of rotatable bonds is 6. The van der Waals surface area contributed by atoms with Gasteiger partial charge in [-0.05, 0) is 50.3 Å². The number of nitrogens with one attached hydrogen (secondary N) is 1.